The van der Waals surface area contributed by atoms with Gasteiger partial charge >= 0.3 is 0 Å². The molecule has 4 heteroatoms. The number of hydrogen-bond donors (Lipinski definition) is 2. The van der Waals surface area contributed by atoms with Crippen molar-refractivity contribution < 1.29 is 4.79 Å². The Hall–Kier alpha value is -0.220. The molecule has 0 aliphatic rings. The Kier molecular flexibility index (Phi) is 6.59. The zero-order chi connectivity index (χ0) is 5.86. The van der Waals surface area contributed by atoms with Crippen molar-refractivity contribution in [3.63, 3.8) is 0 Å². The number of carbonyl (C=O) groups excluding carboxylic acids is 1. The van der Waals surface area contributed by atoms with Crippen LogP contribution in [0.1, 0.15) is 6.92 Å². The summed E-state index contributed by atoms with van der Waals surface area (Å²) in [5.74, 6) is -0.317. The highest BCUT2D eigenvalue weighted by atomic mass is 32.1. The lowest BCUT2D eigenvalue weighted by molar-refractivity contribution is -0.119. The van der Waals surface area contributed by atoms with Gasteiger partial charge in [0, 0.05) is 0 Å². The van der Waals surface area contributed by atoms with Crippen LogP contribution in [-0.2, 0) is 4.79 Å². The van der Waals surface area contributed by atoms with Gasteiger partial charge in [-0.25, -0.2) is 0 Å². The van der Waals surface area contributed by atoms with E-state index in [0.29, 0.717) is 0 Å². The molecule has 8 heavy (non-hydrogen) atoms. The maximum absolute atomic E-state index is 10.1. The molecule has 50 valence electrons. The molecule has 0 saturated heterocycles. The summed E-state index contributed by atoms with van der Waals surface area (Å²) in [6, 6.07) is -0.208. The summed E-state index contributed by atoms with van der Waals surface area (Å²) < 4.78 is 0. The maximum atomic E-state index is 10.1. The summed E-state index contributed by atoms with van der Waals surface area (Å²) in [6.07, 6.45) is 0. The molecule has 0 heterocycles. The minimum atomic E-state index is -0.317. The predicted molar refractivity (Wildman–Crippen MR) is 38.1 cm³/mol. The van der Waals surface area contributed by atoms with Gasteiger partial charge in [0.25, 0.3) is 0 Å². The summed E-state index contributed by atoms with van der Waals surface area (Å²) in [4.78, 5) is 10.1. The van der Waals surface area contributed by atoms with Crippen molar-refractivity contribution in [3.05, 3.63) is 0 Å². The summed E-state index contributed by atoms with van der Waals surface area (Å²) >= 11 is 0. The third-order valence-electron chi connectivity index (χ3n) is 0.860. The number of rotatable bonds is 2. The monoisotopic (exact) mass is 136 g/mol. The molecule has 0 rings (SSSR count). The van der Waals surface area contributed by atoms with E-state index in [9.17, 15) is 4.79 Å². The second-order valence-corrected chi connectivity index (χ2v) is 1.41. The van der Waals surface area contributed by atoms with Gasteiger partial charge in [0.2, 0.25) is 5.91 Å². The van der Waals surface area contributed by atoms with Crippen LogP contribution in [0, 0.1) is 0 Å². The van der Waals surface area contributed by atoms with Gasteiger partial charge in [0.1, 0.15) is 0 Å². The van der Waals surface area contributed by atoms with Gasteiger partial charge in [-0.15, -0.1) is 0 Å². The second kappa shape index (κ2) is 4.93. The Morgan fingerprint density at radius 2 is 2.12 bits per heavy atom. The molecule has 0 spiro atoms. The molecule has 0 aliphatic heterocycles. The highest BCUT2D eigenvalue weighted by Gasteiger charge is 2.01. The third-order valence-corrected chi connectivity index (χ3v) is 0.860. The van der Waals surface area contributed by atoms with Gasteiger partial charge in [0.05, 0.1) is 6.04 Å². The predicted octanol–water partition coefficient (Wildman–Crippen LogP) is -0.808. The molecule has 0 radical (unpaired) electrons. The van der Waals surface area contributed by atoms with E-state index >= 15 is 0 Å². The summed E-state index contributed by atoms with van der Waals surface area (Å²) in [6.45, 7) is 1.71. The second-order valence-electron chi connectivity index (χ2n) is 1.41. The normalized spacial score (nSPS) is 11.8. The van der Waals surface area contributed by atoms with Crippen LogP contribution in [0.5, 0.6) is 0 Å². The van der Waals surface area contributed by atoms with Crippen molar-refractivity contribution in [2.45, 2.75) is 13.0 Å². The summed E-state index contributed by atoms with van der Waals surface area (Å²) in [7, 11) is 1.69. The molecule has 3 N–H and O–H groups in total. The van der Waals surface area contributed by atoms with E-state index in [-0.39, 0.29) is 25.4 Å². The van der Waals surface area contributed by atoms with E-state index in [1.54, 1.807) is 14.0 Å². The minimum Gasteiger partial charge on any atom is -0.368 e. The van der Waals surface area contributed by atoms with E-state index in [4.69, 9.17) is 5.73 Å². The molecule has 0 aromatic rings. The Balaban J connectivity index is 0. The van der Waals surface area contributed by atoms with Crippen molar-refractivity contribution in [3.8, 4) is 0 Å². The van der Waals surface area contributed by atoms with Crippen molar-refractivity contribution >= 4 is 19.4 Å². The minimum absolute atomic E-state index is 0. The molecular weight excluding hydrogens is 124 g/mol. The van der Waals surface area contributed by atoms with E-state index in [1.807, 2.05) is 0 Å². The van der Waals surface area contributed by atoms with Crippen molar-refractivity contribution in [1.29, 1.82) is 0 Å². The van der Waals surface area contributed by atoms with Crippen LogP contribution in [0.4, 0.5) is 0 Å². The molecule has 0 aliphatic carbocycles. The van der Waals surface area contributed by atoms with Crippen LogP contribution >= 0.6 is 13.5 Å². The van der Waals surface area contributed by atoms with E-state index in [0.717, 1.165) is 0 Å². The van der Waals surface area contributed by atoms with Crippen molar-refractivity contribution in [2.75, 3.05) is 7.05 Å². The standard InChI is InChI=1S/C4H10N2O.H2S/c1-3(6-2)4(5)7;/h3,6H,1-2H3,(H2,5,7);1H2/t3-;/m0./s1. The van der Waals surface area contributed by atoms with Gasteiger partial charge in [-0.1, -0.05) is 0 Å². The first-order valence-electron chi connectivity index (χ1n) is 2.15. The number of nitrogens with two attached hydrogens (primary N) is 1. The quantitative estimate of drug-likeness (QED) is 0.522. The number of likely N-dealkylation sites (N-methyl/N-ethyl adjacent to an activating group) is 1. The zero-order valence-corrected chi connectivity index (χ0v) is 6.06. The molecular formula is C4H12N2OS. The van der Waals surface area contributed by atoms with Gasteiger partial charge in [-0.05, 0) is 14.0 Å². The zero-order valence-electron chi connectivity index (χ0n) is 5.06. The largest absolute Gasteiger partial charge is 0.368 e. The molecule has 0 saturated carbocycles. The number of amides is 1. The fourth-order valence-electron chi connectivity index (χ4n) is 0.142. The Morgan fingerprint density at radius 1 is 1.75 bits per heavy atom. The van der Waals surface area contributed by atoms with Crippen LogP contribution < -0.4 is 11.1 Å². The molecule has 0 unspecified atom stereocenters. The first-order chi connectivity index (χ1) is 3.18. The fourth-order valence-corrected chi connectivity index (χ4v) is 0.142. The van der Waals surface area contributed by atoms with Crippen LogP contribution in [0.25, 0.3) is 0 Å². The molecule has 0 aromatic heterocycles. The maximum Gasteiger partial charge on any atom is 0.234 e. The smallest absolute Gasteiger partial charge is 0.234 e. The molecule has 3 nitrogen and oxygen atoms in total. The lowest BCUT2D eigenvalue weighted by Crippen LogP contribution is -2.36. The topological polar surface area (TPSA) is 55.1 Å². The SMILES string of the molecule is CN[C@@H](C)C(N)=O.S. The highest BCUT2D eigenvalue weighted by Crippen LogP contribution is 1.71. The average molecular weight is 136 g/mol. The lowest BCUT2D eigenvalue weighted by Gasteiger charge is -2.01. The Labute approximate surface area is 56.1 Å². The van der Waals surface area contributed by atoms with E-state index in [1.165, 1.54) is 0 Å². The van der Waals surface area contributed by atoms with E-state index < -0.39 is 0 Å². The van der Waals surface area contributed by atoms with Crippen molar-refractivity contribution in [2.24, 2.45) is 5.73 Å². The van der Waals surface area contributed by atoms with Gasteiger partial charge < -0.3 is 11.1 Å². The molecule has 0 aromatic carbocycles. The van der Waals surface area contributed by atoms with Gasteiger partial charge in [-0.2, -0.15) is 13.5 Å². The van der Waals surface area contributed by atoms with Crippen LogP contribution in [0.2, 0.25) is 0 Å². The summed E-state index contributed by atoms with van der Waals surface area (Å²) in [5.41, 5.74) is 4.85. The Bertz CT molecular complexity index is 76.4. The fraction of sp³-hybridized carbons (Fsp3) is 0.750. The molecule has 0 fully saturated rings. The van der Waals surface area contributed by atoms with Gasteiger partial charge in [0.15, 0.2) is 0 Å². The first kappa shape index (κ1) is 10.7. The number of hydrogen-bond acceptors (Lipinski definition) is 2. The van der Waals surface area contributed by atoms with Crippen LogP contribution in [-0.4, -0.2) is 19.0 Å². The summed E-state index contributed by atoms with van der Waals surface area (Å²) in [5, 5.41) is 2.69. The first-order valence-corrected chi connectivity index (χ1v) is 2.15. The third kappa shape index (κ3) is 3.95. The van der Waals surface area contributed by atoms with Crippen LogP contribution in [0.15, 0.2) is 0 Å². The number of carbonyl (C=O) groups is 1. The number of primary amides is 1. The molecule has 1 atom stereocenters. The number of nitrogens with one attached hydrogen (secondary N) is 1. The van der Waals surface area contributed by atoms with E-state index in [2.05, 4.69) is 5.32 Å². The van der Waals surface area contributed by atoms with Gasteiger partial charge in [-0.3, -0.25) is 4.79 Å². The van der Waals surface area contributed by atoms with Crippen molar-refractivity contribution in [1.82, 2.24) is 5.32 Å². The van der Waals surface area contributed by atoms with Crippen LogP contribution in [0.3, 0.4) is 0 Å². The lowest BCUT2D eigenvalue weighted by atomic mass is 10.3. The Morgan fingerprint density at radius 3 is 2.12 bits per heavy atom. The highest BCUT2D eigenvalue weighted by molar-refractivity contribution is 7.59. The molecule has 0 bridgehead atoms. The molecule has 1 amide bonds. The average Bonchev–Trinajstić information content (AvgIpc) is 1.65.